The maximum atomic E-state index is 10.3. The third-order valence-electron chi connectivity index (χ3n) is 6.08. The molecule has 200 valence electrons. The monoisotopic (exact) mass is 495 g/mol. The van der Waals surface area contributed by atoms with Gasteiger partial charge < -0.3 is 15.7 Å². The quantitative estimate of drug-likeness (QED) is 0.0942. The van der Waals surface area contributed by atoms with Gasteiger partial charge in [0, 0.05) is 17.8 Å². The maximum absolute atomic E-state index is 10.3. The molecule has 2 aromatic carbocycles. The molecule has 2 rings (SSSR count). The lowest BCUT2D eigenvalue weighted by molar-refractivity contribution is -0.137. The average Bonchev–Trinajstić information content (AvgIpc) is 2.88. The third-order valence-corrected chi connectivity index (χ3v) is 6.08. The van der Waals surface area contributed by atoms with E-state index in [4.69, 9.17) is 10.5 Å². The van der Waals surface area contributed by atoms with Crippen LogP contribution in [-0.2, 0) is 4.79 Å². The van der Waals surface area contributed by atoms with Gasteiger partial charge >= 0.3 is 5.97 Å². The number of para-hydroxylation sites is 2. The molecule has 0 aromatic heterocycles. The Labute approximate surface area is 219 Å². The number of hydrogen-bond donors (Lipinski definition) is 4. The van der Waals surface area contributed by atoms with Gasteiger partial charge in [-0.2, -0.15) is 0 Å². The summed E-state index contributed by atoms with van der Waals surface area (Å²) in [4.78, 5) is 10.3. The largest absolute Gasteiger partial charge is 0.481 e. The predicted molar refractivity (Wildman–Crippen MR) is 155 cm³/mol. The molecule has 0 atom stereocenters. The Morgan fingerprint density at radius 3 is 1.28 bits per heavy atom. The minimum absolute atomic E-state index is 0.261. The minimum Gasteiger partial charge on any atom is -0.481 e. The van der Waals surface area contributed by atoms with Crippen molar-refractivity contribution >= 4 is 23.3 Å². The van der Waals surface area contributed by atoms with Crippen LogP contribution in [0.4, 0.5) is 11.4 Å². The highest BCUT2D eigenvalue weighted by Crippen LogP contribution is 2.13. The van der Waals surface area contributed by atoms with Crippen LogP contribution in [0.1, 0.15) is 110 Å². The number of aliphatic carboxylic acids is 1. The molecule has 2 aromatic rings. The van der Waals surface area contributed by atoms with Crippen LogP contribution in [0.25, 0.3) is 0 Å². The van der Waals surface area contributed by atoms with E-state index in [2.05, 4.69) is 17.6 Å². The molecule has 0 amide bonds. The summed E-state index contributed by atoms with van der Waals surface area (Å²) in [7, 11) is 0. The number of anilines is 2. The number of guanidine groups is 1. The Morgan fingerprint density at radius 1 is 0.611 bits per heavy atom. The van der Waals surface area contributed by atoms with E-state index in [0.717, 1.165) is 24.2 Å². The van der Waals surface area contributed by atoms with Crippen LogP contribution in [0.5, 0.6) is 0 Å². The van der Waals surface area contributed by atoms with Crippen LogP contribution in [0.3, 0.4) is 0 Å². The van der Waals surface area contributed by atoms with E-state index in [1.807, 2.05) is 60.7 Å². The standard InChI is InChI=1S/C18H36O2.C13H13N3/c1-2-3-4-5-6-7-8-9-10-11-12-13-14-15-16-17-18(19)20;14-13(15-11-7-3-1-4-8-11)16-12-9-5-2-6-10-12/h2-17H2,1H3,(H,19,20);1-10H,(H3,14,15,16). The van der Waals surface area contributed by atoms with Gasteiger partial charge in [0.1, 0.15) is 0 Å². The minimum atomic E-state index is -0.653. The molecule has 0 aliphatic heterocycles. The molecule has 0 spiro atoms. The Bertz CT molecular complexity index is 737. The van der Waals surface area contributed by atoms with Gasteiger partial charge in [-0.1, -0.05) is 133 Å². The number of rotatable bonds is 18. The number of benzene rings is 2. The van der Waals surface area contributed by atoms with Crippen molar-refractivity contribution in [3.8, 4) is 0 Å². The van der Waals surface area contributed by atoms with E-state index in [9.17, 15) is 4.79 Å². The van der Waals surface area contributed by atoms with Crippen LogP contribution in [0, 0.1) is 5.41 Å². The molecule has 5 heteroatoms. The van der Waals surface area contributed by atoms with Crippen molar-refractivity contribution in [3.05, 3.63) is 60.7 Å². The van der Waals surface area contributed by atoms with Gasteiger partial charge in [-0.15, -0.1) is 0 Å². The number of unbranched alkanes of at least 4 members (excludes halogenated alkanes) is 14. The van der Waals surface area contributed by atoms with E-state index in [1.165, 1.54) is 83.5 Å². The first-order valence-corrected chi connectivity index (χ1v) is 14.1. The van der Waals surface area contributed by atoms with Crippen molar-refractivity contribution in [2.24, 2.45) is 0 Å². The number of carbonyl (C=O) groups is 1. The first-order valence-electron chi connectivity index (χ1n) is 14.1. The molecule has 0 fully saturated rings. The maximum Gasteiger partial charge on any atom is 0.303 e. The summed E-state index contributed by atoms with van der Waals surface area (Å²) in [6.45, 7) is 2.27. The van der Waals surface area contributed by atoms with Crippen LogP contribution in [-0.4, -0.2) is 17.0 Å². The fraction of sp³-hybridized carbons (Fsp3) is 0.548. The van der Waals surface area contributed by atoms with Gasteiger partial charge in [0.25, 0.3) is 0 Å². The van der Waals surface area contributed by atoms with Gasteiger partial charge in [-0.05, 0) is 30.7 Å². The van der Waals surface area contributed by atoms with Crippen LogP contribution >= 0.6 is 0 Å². The van der Waals surface area contributed by atoms with Crippen molar-refractivity contribution in [2.45, 2.75) is 110 Å². The molecule has 0 aliphatic rings. The van der Waals surface area contributed by atoms with Gasteiger partial charge in [0.2, 0.25) is 0 Å². The summed E-state index contributed by atoms with van der Waals surface area (Å²) in [5.41, 5.74) is 1.80. The van der Waals surface area contributed by atoms with Crippen LogP contribution in [0.2, 0.25) is 0 Å². The van der Waals surface area contributed by atoms with Crippen molar-refractivity contribution in [1.82, 2.24) is 0 Å². The molecule has 0 saturated carbocycles. The highest BCUT2D eigenvalue weighted by molar-refractivity contribution is 6.01. The summed E-state index contributed by atoms with van der Waals surface area (Å²) in [5, 5.41) is 22.2. The molecule has 0 saturated heterocycles. The van der Waals surface area contributed by atoms with Gasteiger partial charge in [0.05, 0.1) is 0 Å². The molecular weight excluding hydrogens is 446 g/mol. The summed E-state index contributed by atoms with van der Waals surface area (Å²) in [6, 6.07) is 19.3. The SMILES string of the molecule is CCCCCCCCCCCCCCCCCC(=O)O.N=C(Nc1ccccc1)Nc1ccccc1. The normalized spacial score (nSPS) is 10.2. The van der Waals surface area contributed by atoms with Gasteiger partial charge in [0.15, 0.2) is 5.96 Å². The summed E-state index contributed by atoms with van der Waals surface area (Å²) >= 11 is 0. The zero-order valence-corrected chi connectivity index (χ0v) is 22.4. The summed E-state index contributed by atoms with van der Waals surface area (Å²) < 4.78 is 0. The second-order valence-corrected chi connectivity index (χ2v) is 9.45. The van der Waals surface area contributed by atoms with Crippen LogP contribution < -0.4 is 10.6 Å². The highest BCUT2D eigenvalue weighted by atomic mass is 16.4. The summed E-state index contributed by atoms with van der Waals surface area (Å²) in [5.74, 6) is -0.392. The average molecular weight is 496 g/mol. The Balaban J connectivity index is 0.000000367. The lowest BCUT2D eigenvalue weighted by Gasteiger charge is -2.09. The summed E-state index contributed by atoms with van der Waals surface area (Å²) in [6.07, 6.45) is 20.2. The number of carboxylic acid groups (broad SMARTS) is 1. The van der Waals surface area contributed by atoms with Crippen molar-refractivity contribution in [2.75, 3.05) is 10.6 Å². The molecule has 0 radical (unpaired) electrons. The van der Waals surface area contributed by atoms with Crippen molar-refractivity contribution in [3.63, 3.8) is 0 Å². The molecule has 36 heavy (non-hydrogen) atoms. The molecule has 4 N–H and O–H groups in total. The molecule has 0 aliphatic carbocycles. The van der Waals surface area contributed by atoms with Gasteiger partial charge in [-0.3, -0.25) is 10.2 Å². The van der Waals surface area contributed by atoms with E-state index in [0.29, 0.717) is 6.42 Å². The zero-order valence-electron chi connectivity index (χ0n) is 22.4. The Hall–Kier alpha value is -2.82. The predicted octanol–water partition coefficient (Wildman–Crippen LogP) is 9.48. The van der Waals surface area contributed by atoms with E-state index in [1.54, 1.807) is 0 Å². The Morgan fingerprint density at radius 2 is 0.944 bits per heavy atom. The molecular formula is C31H49N3O2. The Kier molecular flexibility index (Phi) is 19.6. The lowest BCUT2D eigenvalue weighted by Crippen LogP contribution is -2.20. The van der Waals surface area contributed by atoms with E-state index in [-0.39, 0.29) is 5.96 Å². The van der Waals surface area contributed by atoms with E-state index < -0.39 is 5.97 Å². The first kappa shape index (κ1) is 31.2. The zero-order chi connectivity index (χ0) is 26.1. The second-order valence-electron chi connectivity index (χ2n) is 9.45. The molecule has 0 bridgehead atoms. The van der Waals surface area contributed by atoms with Gasteiger partial charge in [-0.25, -0.2) is 0 Å². The number of nitrogens with one attached hydrogen (secondary N) is 3. The number of carboxylic acids is 1. The highest BCUT2D eigenvalue weighted by Gasteiger charge is 1.98. The smallest absolute Gasteiger partial charge is 0.303 e. The number of hydrogen-bond acceptors (Lipinski definition) is 2. The fourth-order valence-electron chi connectivity index (χ4n) is 4.01. The molecule has 0 unspecified atom stereocenters. The third kappa shape index (κ3) is 19.5. The van der Waals surface area contributed by atoms with E-state index >= 15 is 0 Å². The van der Waals surface area contributed by atoms with Crippen molar-refractivity contribution < 1.29 is 9.90 Å². The topological polar surface area (TPSA) is 85.2 Å². The lowest BCUT2D eigenvalue weighted by atomic mass is 10.0. The fourth-order valence-corrected chi connectivity index (χ4v) is 4.01. The van der Waals surface area contributed by atoms with Crippen molar-refractivity contribution in [1.29, 1.82) is 5.41 Å². The second kappa shape index (κ2) is 22.6. The van der Waals surface area contributed by atoms with Crippen LogP contribution in [0.15, 0.2) is 60.7 Å². The molecule has 5 nitrogen and oxygen atoms in total. The first-order chi connectivity index (χ1) is 17.6. The molecule has 0 heterocycles.